The lowest BCUT2D eigenvalue weighted by Gasteiger charge is -2.28. The van der Waals surface area contributed by atoms with Crippen molar-refractivity contribution in [2.24, 2.45) is 5.92 Å². The molecule has 178 valence electrons. The van der Waals surface area contributed by atoms with Crippen LogP contribution in [0.4, 0.5) is 18.9 Å². The van der Waals surface area contributed by atoms with Gasteiger partial charge >= 0.3 is 12.1 Å². The third-order valence-electron chi connectivity index (χ3n) is 5.89. The number of carbonyl (C=O) groups is 1. The summed E-state index contributed by atoms with van der Waals surface area (Å²) in [5.74, 6) is -1.38. The van der Waals surface area contributed by atoms with Crippen molar-refractivity contribution in [3.63, 3.8) is 0 Å². The molecule has 0 spiro atoms. The minimum atomic E-state index is -4.67. The average Bonchev–Trinajstić information content (AvgIpc) is 3.12. The van der Waals surface area contributed by atoms with E-state index in [2.05, 4.69) is 10.2 Å². The summed E-state index contributed by atoms with van der Waals surface area (Å²) in [7, 11) is 0. The average molecular weight is 464 g/mol. The normalized spacial score (nSPS) is 17.1. The number of nitrogens with zero attached hydrogens (tertiary/aromatic N) is 1. The maximum Gasteiger partial charge on any atom is 0.407 e. The van der Waals surface area contributed by atoms with E-state index in [1.807, 2.05) is 18.2 Å². The zero-order valence-electron chi connectivity index (χ0n) is 18.5. The van der Waals surface area contributed by atoms with Crippen LogP contribution in [0.5, 0.6) is 0 Å². The molecule has 1 aromatic heterocycles. The Kier molecular flexibility index (Phi) is 6.54. The van der Waals surface area contributed by atoms with E-state index in [-0.39, 0.29) is 17.9 Å². The summed E-state index contributed by atoms with van der Waals surface area (Å²) in [5, 5.41) is 13.3. The Hall–Kier alpha value is -2.78. The Bertz CT molecular complexity index is 1140. The van der Waals surface area contributed by atoms with Crippen molar-refractivity contribution < 1.29 is 32.2 Å². The van der Waals surface area contributed by atoms with Gasteiger partial charge in [0, 0.05) is 29.5 Å². The Balaban J connectivity index is 1.70. The number of aliphatic carboxylic acids is 1. The lowest BCUT2D eigenvalue weighted by molar-refractivity contribution is -0.163. The molecule has 1 fully saturated rings. The number of hydrogen-bond donors (Lipinski definition) is 2. The zero-order valence-corrected chi connectivity index (χ0v) is 18.5. The number of ether oxygens (including phenoxy) is 1. The number of carboxylic acid groups (broad SMARTS) is 1. The largest absolute Gasteiger partial charge is 0.480 e. The molecule has 0 aliphatic carbocycles. The fourth-order valence-electron chi connectivity index (χ4n) is 4.27. The number of halogens is 3. The van der Waals surface area contributed by atoms with Crippen molar-refractivity contribution in [2.75, 3.05) is 31.2 Å². The van der Waals surface area contributed by atoms with Gasteiger partial charge < -0.3 is 19.2 Å². The molecule has 2 heterocycles. The SMILES string of the molecule is CC(C)C[C@H](NC(c1ccc2c(c1)oc1ccc(N3CCOCC3)cc12)C(F)(F)F)C(=O)O. The van der Waals surface area contributed by atoms with Gasteiger partial charge in [-0.05, 0) is 42.2 Å². The Labute approximate surface area is 189 Å². The highest BCUT2D eigenvalue weighted by molar-refractivity contribution is 6.06. The Morgan fingerprint density at radius 3 is 2.45 bits per heavy atom. The molecule has 0 bridgehead atoms. The number of furan rings is 1. The van der Waals surface area contributed by atoms with Gasteiger partial charge in [0.05, 0.1) is 13.2 Å². The zero-order chi connectivity index (χ0) is 23.8. The second-order valence-electron chi connectivity index (χ2n) is 8.80. The molecule has 3 aromatic rings. The molecule has 1 unspecified atom stereocenters. The minimum absolute atomic E-state index is 0.0778. The number of rotatable bonds is 7. The third-order valence-corrected chi connectivity index (χ3v) is 5.89. The van der Waals surface area contributed by atoms with Gasteiger partial charge in [0.2, 0.25) is 0 Å². The molecule has 0 radical (unpaired) electrons. The predicted octanol–water partition coefficient (Wildman–Crippen LogP) is 5.11. The molecule has 2 atom stereocenters. The first-order valence-corrected chi connectivity index (χ1v) is 11.0. The summed E-state index contributed by atoms with van der Waals surface area (Å²) in [6.45, 7) is 6.37. The number of benzene rings is 2. The van der Waals surface area contributed by atoms with Gasteiger partial charge in [-0.3, -0.25) is 10.1 Å². The van der Waals surface area contributed by atoms with Crippen LogP contribution in [0.1, 0.15) is 31.9 Å². The topological polar surface area (TPSA) is 74.9 Å². The van der Waals surface area contributed by atoms with Crippen molar-refractivity contribution in [1.29, 1.82) is 0 Å². The van der Waals surface area contributed by atoms with Crippen molar-refractivity contribution in [2.45, 2.75) is 38.5 Å². The van der Waals surface area contributed by atoms with Crippen LogP contribution in [0.2, 0.25) is 0 Å². The first kappa shape index (κ1) is 23.4. The summed E-state index contributed by atoms with van der Waals surface area (Å²) in [6, 6.07) is 6.63. The van der Waals surface area contributed by atoms with Crippen molar-refractivity contribution >= 4 is 33.6 Å². The third kappa shape index (κ3) is 5.09. The molecule has 4 rings (SSSR count). The van der Waals surface area contributed by atoms with E-state index >= 15 is 0 Å². The molecular formula is C24H27F3N2O4. The van der Waals surface area contributed by atoms with Crippen LogP contribution in [0.3, 0.4) is 0 Å². The highest BCUT2D eigenvalue weighted by Gasteiger charge is 2.43. The van der Waals surface area contributed by atoms with Crippen molar-refractivity contribution in [1.82, 2.24) is 5.32 Å². The maximum atomic E-state index is 13.9. The van der Waals surface area contributed by atoms with Crippen LogP contribution in [0.25, 0.3) is 21.9 Å². The quantitative estimate of drug-likeness (QED) is 0.506. The molecule has 0 amide bonds. The number of nitrogens with one attached hydrogen (secondary N) is 1. The van der Waals surface area contributed by atoms with E-state index in [9.17, 15) is 23.1 Å². The molecule has 2 aromatic carbocycles. The summed E-state index contributed by atoms with van der Waals surface area (Å²) >= 11 is 0. The van der Waals surface area contributed by atoms with Crippen LogP contribution in [-0.4, -0.2) is 49.6 Å². The molecule has 2 N–H and O–H groups in total. The van der Waals surface area contributed by atoms with Gasteiger partial charge in [0.25, 0.3) is 0 Å². The second kappa shape index (κ2) is 9.23. The lowest BCUT2D eigenvalue weighted by atomic mass is 9.99. The molecule has 1 aliphatic rings. The number of carboxylic acids is 1. The summed E-state index contributed by atoms with van der Waals surface area (Å²) in [4.78, 5) is 13.8. The first-order chi connectivity index (χ1) is 15.6. The smallest absolute Gasteiger partial charge is 0.407 e. The molecule has 33 heavy (non-hydrogen) atoms. The van der Waals surface area contributed by atoms with Crippen LogP contribution < -0.4 is 10.2 Å². The van der Waals surface area contributed by atoms with Crippen LogP contribution in [-0.2, 0) is 9.53 Å². The minimum Gasteiger partial charge on any atom is -0.480 e. The highest BCUT2D eigenvalue weighted by atomic mass is 19.4. The summed E-state index contributed by atoms with van der Waals surface area (Å²) in [6.07, 6.45) is -4.59. The maximum absolute atomic E-state index is 13.9. The number of alkyl halides is 3. The van der Waals surface area contributed by atoms with E-state index in [1.165, 1.54) is 12.1 Å². The van der Waals surface area contributed by atoms with E-state index in [4.69, 9.17) is 9.15 Å². The van der Waals surface area contributed by atoms with E-state index < -0.39 is 24.2 Å². The molecular weight excluding hydrogens is 437 g/mol. The Morgan fingerprint density at radius 2 is 1.82 bits per heavy atom. The fraction of sp³-hybridized carbons (Fsp3) is 0.458. The van der Waals surface area contributed by atoms with Gasteiger partial charge in [-0.15, -0.1) is 0 Å². The standard InChI is InChI=1S/C24H27F3N2O4/c1-14(2)11-19(23(30)31)28-22(24(25,26)27)15-3-5-17-18-13-16(29-7-9-32-10-8-29)4-6-20(18)33-21(17)12-15/h3-6,12-14,19,22,28H,7-11H2,1-2H3,(H,30,31)/t19-,22?/m0/s1. The Morgan fingerprint density at radius 1 is 1.09 bits per heavy atom. The number of fused-ring (bicyclic) bond motifs is 3. The molecule has 0 saturated carbocycles. The number of anilines is 1. The van der Waals surface area contributed by atoms with Gasteiger partial charge in [-0.1, -0.05) is 26.0 Å². The predicted molar refractivity (Wildman–Crippen MR) is 120 cm³/mol. The van der Waals surface area contributed by atoms with E-state index in [1.54, 1.807) is 19.9 Å². The first-order valence-electron chi connectivity index (χ1n) is 11.0. The van der Waals surface area contributed by atoms with Gasteiger partial charge in [0.15, 0.2) is 0 Å². The number of morpholine rings is 1. The molecule has 9 heteroatoms. The lowest BCUT2D eigenvalue weighted by Crippen LogP contribution is -2.45. The molecule has 1 aliphatic heterocycles. The van der Waals surface area contributed by atoms with Crippen molar-refractivity contribution in [3.8, 4) is 0 Å². The van der Waals surface area contributed by atoms with E-state index in [0.29, 0.717) is 29.8 Å². The van der Waals surface area contributed by atoms with Crippen molar-refractivity contribution in [3.05, 3.63) is 42.0 Å². The highest BCUT2D eigenvalue weighted by Crippen LogP contribution is 2.38. The van der Waals surface area contributed by atoms with Crippen LogP contribution in [0.15, 0.2) is 40.8 Å². The second-order valence-corrected chi connectivity index (χ2v) is 8.80. The van der Waals surface area contributed by atoms with Crippen LogP contribution in [0, 0.1) is 5.92 Å². The molecule has 6 nitrogen and oxygen atoms in total. The number of hydrogen-bond acceptors (Lipinski definition) is 5. The summed E-state index contributed by atoms with van der Waals surface area (Å²) < 4.78 is 53.0. The molecule has 1 saturated heterocycles. The van der Waals surface area contributed by atoms with Gasteiger partial charge in [0.1, 0.15) is 23.2 Å². The fourth-order valence-corrected chi connectivity index (χ4v) is 4.27. The summed E-state index contributed by atoms with van der Waals surface area (Å²) in [5.41, 5.74) is 1.83. The van der Waals surface area contributed by atoms with Gasteiger partial charge in [-0.25, -0.2) is 0 Å². The van der Waals surface area contributed by atoms with Gasteiger partial charge in [-0.2, -0.15) is 13.2 Å². The monoisotopic (exact) mass is 464 g/mol. The van der Waals surface area contributed by atoms with E-state index in [0.717, 1.165) is 24.2 Å². The van der Waals surface area contributed by atoms with Crippen LogP contribution >= 0.6 is 0 Å².